The molecule has 2 amide bonds. The van der Waals surface area contributed by atoms with Crippen LogP contribution in [0.2, 0.25) is 0 Å². The number of rotatable bonds is 9. The molecule has 1 aromatic heterocycles. The van der Waals surface area contributed by atoms with Crippen molar-refractivity contribution < 1.29 is 19.1 Å². The molecule has 4 aromatic rings. The average molecular weight is 537 g/mol. The molecule has 0 bridgehead atoms. The van der Waals surface area contributed by atoms with Gasteiger partial charge >= 0.3 is 0 Å². The zero-order valence-corrected chi connectivity index (χ0v) is 22.6. The summed E-state index contributed by atoms with van der Waals surface area (Å²) in [6.45, 7) is 2.40. The Kier molecular flexibility index (Phi) is 8.37. The second-order valence-electron chi connectivity index (χ2n) is 9.59. The predicted molar refractivity (Wildman–Crippen MR) is 154 cm³/mol. The fourth-order valence-electron chi connectivity index (χ4n) is 4.82. The van der Waals surface area contributed by atoms with Crippen LogP contribution in [0, 0.1) is 0 Å². The number of ether oxygens (including phenoxy) is 2. The van der Waals surface area contributed by atoms with E-state index < -0.39 is 0 Å². The molecule has 0 atom stereocenters. The van der Waals surface area contributed by atoms with Crippen molar-refractivity contribution >= 4 is 17.5 Å². The van der Waals surface area contributed by atoms with Gasteiger partial charge in [0, 0.05) is 42.3 Å². The molecule has 1 aliphatic rings. The predicted octanol–water partition coefficient (Wildman–Crippen LogP) is 4.52. The molecule has 40 heavy (non-hydrogen) atoms. The first-order chi connectivity index (χ1) is 19.6. The monoisotopic (exact) mass is 536 g/mol. The third-order valence-electron chi connectivity index (χ3n) is 6.97. The smallest absolute Gasteiger partial charge is 0.258 e. The fourth-order valence-corrected chi connectivity index (χ4v) is 4.82. The van der Waals surface area contributed by atoms with Crippen molar-refractivity contribution in [3.8, 4) is 11.5 Å². The van der Waals surface area contributed by atoms with Crippen LogP contribution in [0.15, 0.2) is 85.2 Å². The number of fused-ring (bicyclic) bond motifs is 1. The van der Waals surface area contributed by atoms with Crippen LogP contribution in [-0.4, -0.2) is 37.6 Å². The van der Waals surface area contributed by atoms with Crippen LogP contribution in [-0.2, 0) is 26.1 Å². The van der Waals surface area contributed by atoms with Crippen molar-refractivity contribution in [1.82, 2.24) is 15.6 Å². The van der Waals surface area contributed by atoms with Gasteiger partial charge in [0.1, 0.15) is 0 Å². The third-order valence-corrected chi connectivity index (χ3v) is 6.97. The molecule has 0 fully saturated rings. The Balaban J connectivity index is 1.36. The molecule has 8 nitrogen and oxygen atoms in total. The molecule has 0 radical (unpaired) electrons. The van der Waals surface area contributed by atoms with Gasteiger partial charge in [-0.25, -0.2) is 0 Å². The van der Waals surface area contributed by atoms with E-state index in [0.717, 1.165) is 36.3 Å². The average Bonchev–Trinajstić information content (AvgIpc) is 3.02. The molecule has 1 aliphatic heterocycles. The van der Waals surface area contributed by atoms with Gasteiger partial charge in [0.05, 0.1) is 20.8 Å². The molecule has 0 saturated heterocycles. The standard InChI is InChI=1S/C32H32N4O4/c1-39-29-11-9-25(17-30(29)40-2)31(37)35-19-22-5-3-7-26(15-22)32(38)36(21-23-6-4-13-33-18-23)28-10-8-24-12-14-34-20-27(24)16-28/h3-11,13,15-18,34H,12,14,19-21H2,1-2H3,(H,35,37). The van der Waals surface area contributed by atoms with Crippen LogP contribution in [0.5, 0.6) is 11.5 Å². The van der Waals surface area contributed by atoms with Gasteiger partial charge in [-0.2, -0.15) is 0 Å². The molecule has 8 heteroatoms. The summed E-state index contributed by atoms with van der Waals surface area (Å²) in [7, 11) is 3.08. The van der Waals surface area contributed by atoms with Gasteiger partial charge in [0.2, 0.25) is 0 Å². The number of methoxy groups -OCH3 is 2. The number of anilines is 1. The first-order valence-electron chi connectivity index (χ1n) is 13.2. The van der Waals surface area contributed by atoms with E-state index >= 15 is 0 Å². The number of benzene rings is 3. The van der Waals surface area contributed by atoms with Gasteiger partial charge in [-0.1, -0.05) is 24.3 Å². The highest BCUT2D eigenvalue weighted by Crippen LogP contribution is 2.28. The molecule has 0 spiro atoms. The zero-order chi connectivity index (χ0) is 27.9. The van der Waals surface area contributed by atoms with Crippen LogP contribution < -0.4 is 25.0 Å². The summed E-state index contributed by atoms with van der Waals surface area (Å²) in [5.74, 6) is 0.657. The molecule has 2 heterocycles. The summed E-state index contributed by atoms with van der Waals surface area (Å²) >= 11 is 0. The highest BCUT2D eigenvalue weighted by molar-refractivity contribution is 6.06. The van der Waals surface area contributed by atoms with Gasteiger partial charge < -0.3 is 25.0 Å². The van der Waals surface area contributed by atoms with E-state index in [-0.39, 0.29) is 18.4 Å². The van der Waals surface area contributed by atoms with Crippen LogP contribution in [0.25, 0.3) is 0 Å². The van der Waals surface area contributed by atoms with E-state index in [1.807, 2.05) is 36.4 Å². The molecule has 0 saturated carbocycles. The number of carbonyl (C=O) groups excluding carboxylic acids is 2. The summed E-state index contributed by atoms with van der Waals surface area (Å²) < 4.78 is 10.6. The normalized spacial score (nSPS) is 12.2. The highest BCUT2D eigenvalue weighted by Gasteiger charge is 2.21. The van der Waals surface area contributed by atoms with Crippen molar-refractivity contribution in [2.45, 2.75) is 26.1 Å². The van der Waals surface area contributed by atoms with Gasteiger partial charge in [-0.15, -0.1) is 0 Å². The van der Waals surface area contributed by atoms with E-state index in [2.05, 4.69) is 27.8 Å². The van der Waals surface area contributed by atoms with Crippen molar-refractivity contribution in [3.63, 3.8) is 0 Å². The fraction of sp³-hybridized carbons (Fsp3) is 0.219. The van der Waals surface area contributed by atoms with Gasteiger partial charge in [-0.3, -0.25) is 14.6 Å². The SMILES string of the molecule is COc1ccc(C(=O)NCc2cccc(C(=O)N(Cc3cccnc3)c3ccc4c(c3)CNCC4)c2)cc1OC. The lowest BCUT2D eigenvalue weighted by Crippen LogP contribution is -2.31. The lowest BCUT2D eigenvalue weighted by Gasteiger charge is -2.26. The Bertz CT molecular complexity index is 1510. The minimum atomic E-state index is -0.251. The molecular formula is C32H32N4O4. The van der Waals surface area contributed by atoms with Crippen molar-refractivity contribution in [3.05, 3.63) is 119 Å². The third kappa shape index (κ3) is 6.13. The quantitative estimate of drug-likeness (QED) is 0.327. The van der Waals surface area contributed by atoms with Gasteiger partial charge in [0.25, 0.3) is 11.8 Å². The van der Waals surface area contributed by atoms with Gasteiger partial charge in [0.15, 0.2) is 11.5 Å². The maximum atomic E-state index is 13.9. The van der Waals surface area contributed by atoms with E-state index in [1.165, 1.54) is 18.2 Å². The zero-order valence-electron chi connectivity index (χ0n) is 22.6. The number of hydrogen-bond acceptors (Lipinski definition) is 6. The second kappa shape index (κ2) is 12.4. The maximum absolute atomic E-state index is 13.9. The van der Waals surface area contributed by atoms with Crippen LogP contribution >= 0.6 is 0 Å². The van der Waals surface area contributed by atoms with E-state index in [1.54, 1.807) is 48.7 Å². The highest BCUT2D eigenvalue weighted by atomic mass is 16.5. The number of carbonyl (C=O) groups is 2. The van der Waals surface area contributed by atoms with Gasteiger partial charge in [-0.05, 0) is 83.8 Å². The Morgan fingerprint density at radius 1 is 0.900 bits per heavy atom. The summed E-state index contributed by atoms with van der Waals surface area (Å²) in [5.41, 5.74) is 6.10. The molecule has 3 aromatic carbocycles. The second-order valence-corrected chi connectivity index (χ2v) is 9.59. The molecule has 0 unspecified atom stereocenters. The van der Waals surface area contributed by atoms with Crippen LogP contribution in [0.3, 0.4) is 0 Å². The first kappa shape index (κ1) is 26.9. The Hall–Kier alpha value is -4.69. The molecular weight excluding hydrogens is 504 g/mol. The summed E-state index contributed by atoms with van der Waals surface area (Å²) in [4.78, 5) is 32.8. The number of aromatic nitrogens is 1. The van der Waals surface area contributed by atoms with E-state index in [9.17, 15) is 9.59 Å². The Labute approximate surface area is 234 Å². The number of nitrogens with zero attached hydrogens (tertiary/aromatic N) is 2. The molecule has 2 N–H and O–H groups in total. The largest absolute Gasteiger partial charge is 0.493 e. The van der Waals surface area contributed by atoms with Crippen LogP contribution in [0.1, 0.15) is 43.0 Å². The lowest BCUT2D eigenvalue weighted by molar-refractivity contribution is 0.0949. The Morgan fingerprint density at radius 2 is 1.75 bits per heavy atom. The van der Waals surface area contributed by atoms with E-state index in [0.29, 0.717) is 29.2 Å². The van der Waals surface area contributed by atoms with Crippen molar-refractivity contribution in [1.29, 1.82) is 0 Å². The first-order valence-corrected chi connectivity index (χ1v) is 13.2. The summed E-state index contributed by atoms with van der Waals surface area (Å²) in [6.07, 6.45) is 4.48. The van der Waals surface area contributed by atoms with Crippen molar-refractivity contribution in [2.24, 2.45) is 0 Å². The van der Waals surface area contributed by atoms with Crippen LogP contribution in [0.4, 0.5) is 5.69 Å². The maximum Gasteiger partial charge on any atom is 0.258 e. The number of hydrogen-bond donors (Lipinski definition) is 2. The summed E-state index contributed by atoms with van der Waals surface area (Å²) in [5, 5.41) is 6.34. The number of amides is 2. The molecule has 0 aliphatic carbocycles. The van der Waals surface area contributed by atoms with Crippen molar-refractivity contribution in [2.75, 3.05) is 25.7 Å². The number of nitrogens with one attached hydrogen (secondary N) is 2. The summed E-state index contributed by atoms with van der Waals surface area (Å²) in [6, 6.07) is 22.4. The van der Waals surface area contributed by atoms with E-state index in [4.69, 9.17) is 9.47 Å². The minimum absolute atomic E-state index is 0.124. The number of pyridine rings is 1. The lowest BCUT2D eigenvalue weighted by atomic mass is 9.99. The topological polar surface area (TPSA) is 92.8 Å². The Morgan fingerprint density at radius 3 is 2.55 bits per heavy atom. The molecule has 5 rings (SSSR count). The minimum Gasteiger partial charge on any atom is -0.493 e. The molecule has 204 valence electrons.